The first-order chi connectivity index (χ1) is 17.7. The highest BCUT2D eigenvalue weighted by Gasteiger charge is 2.23. The first-order valence-corrected chi connectivity index (χ1v) is 12.7. The molecule has 4 rings (SSSR count). The minimum Gasteiger partial charge on any atom is -0.463 e. The van der Waals surface area contributed by atoms with Crippen LogP contribution in [-0.4, -0.2) is 32.5 Å². The minimum atomic E-state index is -0.278. The zero-order valence-corrected chi connectivity index (χ0v) is 20.9. The third kappa shape index (κ3) is 7.36. The molecular formula is C30H34N4O2. The normalized spacial score (nSPS) is 12.4. The fourth-order valence-electron chi connectivity index (χ4n) is 4.32. The molecule has 1 aromatic heterocycles. The van der Waals surface area contributed by atoms with Gasteiger partial charge in [0.2, 0.25) is 0 Å². The van der Waals surface area contributed by atoms with Crippen molar-refractivity contribution in [3.05, 3.63) is 108 Å². The van der Waals surface area contributed by atoms with E-state index in [1.165, 1.54) is 17.2 Å². The van der Waals surface area contributed by atoms with Crippen LogP contribution in [0, 0.1) is 0 Å². The lowest BCUT2D eigenvalue weighted by Gasteiger charge is -2.31. The highest BCUT2D eigenvalue weighted by molar-refractivity contribution is 5.81. The summed E-state index contributed by atoms with van der Waals surface area (Å²) in [5, 5.41) is 9.73. The van der Waals surface area contributed by atoms with Crippen LogP contribution < -0.4 is 0 Å². The molecule has 3 aromatic carbocycles. The molecule has 0 spiro atoms. The Morgan fingerprint density at radius 2 is 1.42 bits per heavy atom. The van der Waals surface area contributed by atoms with Crippen molar-refractivity contribution in [3.8, 4) is 0 Å². The first-order valence-electron chi connectivity index (χ1n) is 12.7. The molecule has 0 saturated heterocycles. The average molecular weight is 483 g/mol. The Balaban J connectivity index is 1.55. The van der Waals surface area contributed by atoms with Gasteiger partial charge in [0.15, 0.2) is 0 Å². The molecule has 0 bridgehead atoms. The predicted octanol–water partition coefficient (Wildman–Crippen LogP) is 6.31. The number of aromatic nitrogens is 3. The van der Waals surface area contributed by atoms with Crippen molar-refractivity contribution in [1.29, 1.82) is 0 Å². The summed E-state index contributed by atoms with van der Waals surface area (Å²) in [5.41, 5.74) is 4.32. The Morgan fingerprint density at radius 3 is 1.97 bits per heavy atom. The van der Waals surface area contributed by atoms with Crippen LogP contribution in [0.25, 0.3) is 11.0 Å². The molecule has 0 radical (unpaired) electrons. The second-order valence-corrected chi connectivity index (χ2v) is 8.80. The van der Waals surface area contributed by atoms with Crippen LogP contribution in [0.5, 0.6) is 0 Å². The standard InChI is InChI=1S/C30H34N4O2/c1-2-36-30(35)22-12-4-3-11-21-29(34-31-27-19-13-14-20-28(27)32-34)33(23-25-15-7-5-8-16-25)24-26-17-9-6-10-18-26/h5-10,12-20,22,29H,2-4,11,21,23-24H2,1H3/b22-12+. The molecule has 1 atom stereocenters. The number of unbranched alkanes of at least 4 members (excludes halogenated alkanes) is 2. The van der Waals surface area contributed by atoms with Crippen molar-refractivity contribution in [2.24, 2.45) is 0 Å². The summed E-state index contributed by atoms with van der Waals surface area (Å²) in [4.78, 5) is 15.9. The van der Waals surface area contributed by atoms with Crippen molar-refractivity contribution in [1.82, 2.24) is 19.9 Å². The number of ether oxygens (including phenoxy) is 1. The van der Waals surface area contributed by atoms with Gasteiger partial charge < -0.3 is 4.74 Å². The number of hydrogen-bond donors (Lipinski definition) is 0. The molecule has 0 N–H and O–H groups in total. The van der Waals surface area contributed by atoms with Crippen molar-refractivity contribution in [2.45, 2.75) is 51.9 Å². The number of carbonyl (C=O) groups is 1. The quantitative estimate of drug-likeness (QED) is 0.127. The SMILES string of the molecule is CCOC(=O)/C=C/CCCCC(N(Cc1ccccc1)Cc1ccccc1)n1nc2ccccc2n1. The van der Waals surface area contributed by atoms with Gasteiger partial charge in [0.05, 0.1) is 6.61 Å². The highest BCUT2D eigenvalue weighted by atomic mass is 16.5. The fourth-order valence-corrected chi connectivity index (χ4v) is 4.32. The van der Waals surface area contributed by atoms with E-state index in [-0.39, 0.29) is 12.1 Å². The molecule has 0 aliphatic carbocycles. The maximum atomic E-state index is 11.6. The van der Waals surface area contributed by atoms with Gasteiger partial charge in [0.1, 0.15) is 17.2 Å². The summed E-state index contributed by atoms with van der Waals surface area (Å²) in [5.74, 6) is -0.278. The highest BCUT2D eigenvalue weighted by Crippen LogP contribution is 2.26. The molecule has 0 aliphatic rings. The van der Waals surface area contributed by atoms with E-state index >= 15 is 0 Å². The molecule has 1 heterocycles. The zero-order chi connectivity index (χ0) is 25.0. The maximum absolute atomic E-state index is 11.6. The molecule has 0 saturated carbocycles. The molecule has 4 aromatic rings. The van der Waals surface area contributed by atoms with Gasteiger partial charge in [-0.05, 0) is 55.9 Å². The number of esters is 1. The van der Waals surface area contributed by atoms with Gasteiger partial charge in [0, 0.05) is 19.2 Å². The molecule has 6 nitrogen and oxygen atoms in total. The van der Waals surface area contributed by atoms with Crippen LogP contribution in [0.4, 0.5) is 0 Å². The number of hydrogen-bond acceptors (Lipinski definition) is 5. The van der Waals surface area contributed by atoms with Gasteiger partial charge >= 0.3 is 5.97 Å². The van der Waals surface area contributed by atoms with E-state index in [1.807, 2.05) is 54.2 Å². The number of allylic oxidation sites excluding steroid dienone is 1. The van der Waals surface area contributed by atoms with E-state index in [2.05, 4.69) is 53.4 Å². The predicted molar refractivity (Wildman–Crippen MR) is 143 cm³/mol. The van der Waals surface area contributed by atoms with E-state index in [0.29, 0.717) is 6.61 Å². The van der Waals surface area contributed by atoms with Gasteiger partial charge in [-0.3, -0.25) is 4.90 Å². The summed E-state index contributed by atoms with van der Waals surface area (Å²) in [6, 6.07) is 29.1. The Bertz CT molecular complexity index is 1160. The number of nitrogens with zero attached hydrogens (tertiary/aromatic N) is 4. The van der Waals surface area contributed by atoms with E-state index in [0.717, 1.165) is 49.8 Å². The summed E-state index contributed by atoms with van der Waals surface area (Å²) >= 11 is 0. The fraction of sp³-hybridized carbons (Fsp3) is 0.300. The van der Waals surface area contributed by atoms with Crippen LogP contribution in [0.15, 0.2) is 97.1 Å². The molecular weight excluding hydrogens is 448 g/mol. The zero-order valence-electron chi connectivity index (χ0n) is 20.9. The van der Waals surface area contributed by atoms with Crippen molar-refractivity contribution < 1.29 is 9.53 Å². The van der Waals surface area contributed by atoms with Crippen LogP contribution in [0.2, 0.25) is 0 Å². The minimum absolute atomic E-state index is 0.00755. The summed E-state index contributed by atoms with van der Waals surface area (Å²) in [6.07, 6.45) is 7.10. The van der Waals surface area contributed by atoms with Crippen LogP contribution in [0.1, 0.15) is 49.9 Å². The van der Waals surface area contributed by atoms with Gasteiger partial charge in [-0.1, -0.05) is 78.9 Å². The second-order valence-electron chi connectivity index (χ2n) is 8.80. The summed E-state index contributed by atoms with van der Waals surface area (Å²) in [6.45, 7) is 3.80. The van der Waals surface area contributed by atoms with E-state index in [9.17, 15) is 4.79 Å². The summed E-state index contributed by atoms with van der Waals surface area (Å²) < 4.78 is 4.97. The third-order valence-corrected chi connectivity index (χ3v) is 6.07. The molecule has 1 unspecified atom stereocenters. The van der Waals surface area contributed by atoms with Crippen molar-refractivity contribution in [2.75, 3.05) is 6.61 Å². The smallest absolute Gasteiger partial charge is 0.330 e. The van der Waals surface area contributed by atoms with E-state index in [1.54, 1.807) is 0 Å². The van der Waals surface area contributed by atoms with Gasteiger partial charge in [-0.25, -0.2) is 4.79 Å². The number of fused-ring (bicyclic) bond motifs is 1. The lowest BCUT2D eigenvalue weighted by atomic mass is 10.1. The number of rotatable bonds is 13. The van der Waals surface area contributed by atoms with Crippen molar-refractivity contribution >= 4 is 17.0 Å². The molecule has 0 fully saturated rings. The Kier molecular flexibility index (Phi) is 9.39. The first kappa shape index (κ1) is 25.3. The van der Waals surface area contributed by atoms with Crippen molar-refractivity contribution in [3.63, 3.8) is 0 Å². The topological polar surface area (TPSA) is 60.2 Å². The number of carbonyl (C=O) groups excluding carboxylic acids is 1. The molecule has 36 heavy (non-hydrogen) atoms. The monoisotopic (exact) mass is 482 g/mol. The largest absolute Gasteiger partial charge is 0.463 e. The summed E-state index contributed by atoms with van der Waals surface area (Å²) in [7, 11) is 0. The maximum Gasteiger partial charge on any atom is 0.330 e. The van der Waals surface area contributed by atoms with Gasteiger partial charge in [-0.2, -0.15) is 15.0 Å². The Labute approximate surface area is 213 Å². The van der Waals surface area contributed by atoms with Crippen LogP contribution >= 0.6 is 0 Å². The molecule has 0 amide bonds. The molecule has 186 valence electrons. The second kappa shape index (κ2) is 13.4. The number of benzene rings is 3. The van der Waals surface area contributed by atoms with Gasteiger partial charge in [-0.15, -0.1) is 0 Å². The molecule has 0 aliphatic heterocycles. The lowest BCUT2D eigenvalue weighted by molar-refractivity contribution is -0.137. The van der Waals surface area contributed by atoms with E-state index in [4.69, 9.17) is 14.9 Å². The lowest BCUT2D eigenvalue weighted by Crippen LogP contribution is -2.33. The molecule has 6 heteroatoms. The van der Waals surface area contributed by atoms with Crippen LogP contribution in [0.3, 0.4) is 0 Å². The van der Waals surface area contributed by atoms with Crippen LogP contribution in [-0.2, 0) is 22.6 Å². The van der Waals surface area contributed by atoms with E-state index < -0.39 is 0 Å². The third-order valence-electron chi connectivity index (χ3n) is 6.07. The Morgan fingerprint density at radius 1 is 0.861 bits per heavy atom. The van der Waals surface area contributed by atoms with Gasteiger partial charge in [0.25, 0.3) is 0 Å². The average Bonchev–Trinajstić information content (AvgIpc) is 3.33. The Hall–Kier alpha value is -3.77.